The fourth-order valence-corrected chi connectivity index (χ4v) is 4.67. The molecule has 3 aromatic rings. The van der Waals surface area contributed by atoms with Crippen LogP contribution in [-0.4, -0.2) is 15.7 Å². The monoisotopic (exact) mass is 476 g/mol. The number of aromatic hydroxyl groups is 1. The van der Waals surface area contributed by atoms with Crippen molar-refractivity contribution in [3.05, 3.63) is 91.5 Å². The molecule has 2 aromatic carbocycles. The van der Waals surface area contributed by atoms with Gasteiger partial charge in [-0.25, -0.2) is 4.79 Å². The maximum Gasteiger partial charge on any atom is 0.416 e. The van der Waals surface area contributed by atoms with Crippen molar-refractivity contribution < 1.29 is 27.6 Å². The average Bonchev–Trinajstić information content (AvgIpc) is 2.91. The normalized spacial score (nSPS) is 16.0. The van der Waals surface area contributed by atoms with Gasteiger partial charge in [0.15, 0.2) is 0 Å². The lowest BCUT2D eigenvalue weighted by Gasteiger charge is -2.16. The third-order valence-electron chi connectivity index (χ3n) is 5.01. The highest BCUT2D eigenvalue weighted by Crippen LogP contribution is 2.47. The fourth-order valence-electron chi connectivity index (χ4n) is 3.46. The van der Waals surface area contributed by atoms with Crippen LogP contribution < -0.4 is 5.63 Å². The highest BCUT2D eigenvalue weighted by Gasteiger charge is 2.33. The van der Waals surface area contributed by atoms with Crippen LogP contribution >= 0.6 is 11.8 Å². The van der Waals surface area contributed by atoms with Crippen LogP contribution in [0.3, 0.4) is 0 Å². The Morgan fingerprint density at radius 3 is 2.48 bits per heavy atom. The van der Waals surface area contributed by atoms with Gasteiger partial charge in [0.2, 0.25) is 0 Å². The van der Waals surface area contributed by atoms with Crippen molar-refractivity contribution in [3.63, 3.8) is 0 Å². The molecule has 0 saturated carbocycles. The number of nitro benzene ring substituents is 1. The third-order valence-corrected chi connectivity index (χ3v) is 6.33. The van der Waals surface area contributed by atoms with Gasteiger partial charge in [0.25, 0.3) is 5.69 Å². The standard InChI is InChI=1S/C22H15F3N2O5S/c1-11-8-17(28)20(21(29)32-11)16-10-19(12-2-5-14(6-3-12)27(30)31)33-18-7-4-13(22(23,24)25)9-15(18)26-16/h2-9,19,28H,10H2,1H3/t19-/m0/s1. The van der Waals surface area contributed by atoms with Gasteiger partial charge in [-0.2, -0.15) is 13.2 Å². The van der Waals surface area contributed by atoms with Crippen molar-refractivity contribution in [1.82, 2.24) is 0 Å². The number of aliphatic imine (C=N–C) groups is 1. The van der Waals surface area contributed by atoms with Crippen molar-refractivity contribution in [2.24, 2.45) is 4.99 Å². The van der Waals surface area contributed by atoms with Gasteiger partial charge in [-0.15, -0.1) is 11.8 Å². The Kier molecular flexibility index (Phi) is 5.75. The first-order chi connectivity index (χ1) is 15.5. The Balaban J connectivity index is 1.88. The molecule has 1 aromatic heterocycles. The van der Waals surface area contributed by atoms with Gasteiger partial charge in [0, 0.05) is 34.8 Å². The zero-order valence-electron chi connectivity index (χ0n) is 16.9. The van der Waals surface area contributed by atoms with Crippen LogP contribution in [0.25, 0.3) is 0 Å². The summed E-state index contributed by atoms with van der Waals surface area (Å²) in [5, 5.41) is 20.9. The summed E-state index contributed by atoms with van der Waals surface area (Å²) in [6.45, 7) is 1.47. The minimum absolute atomic E-state index is 0.00592. The largest absolute Gasteiger partial charge is 0.507 e. The molecule has 1 atom stereocenters. The van der Waals surface area contributed by atoms with E-state index < -0.39 is 33.3 Å². The Bertz CT molecular complexity index is 1330. The van der Waals surface area contributed by atoms with Gasteiger partial charge in [-0.3, -0.25) is 15.1 Å². The summed E-state index contributed by atoms with van der Waals surface area (Å²) in [6.07, 6.45) is -4.54. The Morgan fingerprint density at radius 1 is 1.18 bits per heavy atom. The lowest BCUT2D eigenvalue weighted by Crippen LogP contribution is -2.17. The molecular weight excluding hydrogens is 461 g/mol. The van der Waals surface area contributed by atoms with Gasteiger partial charge < -0.3 is 9.52 Å². The number of hydrogen-bond donors (Lipinski definition) is 1. The van der Waals surface area contributed by atoms with Gasteiger partial charge in [-0.05, 0) is 30.7 Å². The summed E-state index contributed by atoms with van der Waals surface area (Å²) in [7, 11) is 0. The Morgan fingerprint density at radius 2 is 1.88 bits per heavy atom. The second-order valence-corrected chi connectivity index (χ2v) is 8.55. The number of hydrogen-bond acceptors (Lipinski definition) is 7. The van der Waals surface area contributed by atoms with Crippen molar-refractivity contribution in [2.75, 3.05) is 0 Å². The van der Waals surface area contributed by atoms with E-state index in [4.69, 9.17) is 4.42 Å². The first-order valence-electron chi connectivity index (χ1n) is 9.57. The number of rotatable bonds is 3. The topological polar surface area (TPSA) is 106 Å². The number of thioether (sulfide) groups is 1. The molecule has 0 spiro atoms. The van der Waals surface area contributed by atoms with E-state index >= 15 is 0 Å². The van der Waals surface area contributed by atoms with Crippen molar-refractivity contribution in [2.45, 2.75) is 29.7 Å². The first kappa shape index (κ1) is 22.6. The van der Waals surface area contributed by atoms with Crippen LogP contribution in [0.4, 0.5) is 24.5 Å². The van der Waals surface area contributed by atoms with E-state index in [1.807, 2.05) is 0 Å². The quantitative estimate of drug-likeness (QED) is 0.371. The summed E-state index contributed by atoms with van der Waals surface area (Å²) < 4.78 is 44.9. The molecule has 0 aliphatic carbocycles. The predicted molar refractivity (Wildman–Crippen MR) is 115 cm³/mol. The molecule has 33 heavy (non-hydrogen) atoms. The van der Waals surface area contributed by atoms with E-state index in [0.717, 1.165) is 12.1 Å². The van der Waals surface area contributed by atoms with E-state index in [-0.39, 0.29) is 34.8 Å². The van der Waals surface area contributed by atoms with E-state index in [2.05, 4.69) is 4.99 Å². The van der Waals surface area contributed by atoms with Crippen molar-refractivity contribution in [1.29, 1.82) is 0 Å². The minimum Gasteiger partial charge on any atom is -0.507 e. The molecule has 170 valence electrons. The molecule has 2 heterocycles. The van der Waals surface area contributed by atoms with E-state index in [1.54, 1.807) is 12.1 Å². The second kappa shape index (κ2) is 8.39. The summed E-state index contributed by atoms with van der Waals surface area (Å²) >= 11 is 1.21. The summed E-state index contributed by atoms with van der Waals surface area (Å²) in [6, 6.07) is 10.1. The lowest BCUT2D eigenvalue weighted by molar-refractivity contribution is -0.384. The predicted octanol–water partition coefficient (Wildman–Crippen LogP) is 5.94. The Hall–Kier alpha value is -3.60. The number of benzene rings is 2. The lowest BCUT2D eigenvalue weighted by atomic mass is 10.0. The van der Waals surface area contributed by atoms with Gasteiger partial charge in [0.1, 0.15) is 17.1 Å². The van der Waals surface area contributed by atoms with E-state index in [9.17, 15) is 33.2 Å². The van der Waals surface area contributed by atoms with Crippen LogP contribution in [0.15, 0.2) is 67.6 Å². The van der Waals surface area contributed by atoms with E-state index in [0.29, 0.717) is 10.5 Å². The molecular formula is C22H15F3N2O5S. The van der Waals surface area contributed by atoms with Crippen LogP contribution in [0, 0.1) is 17.0 Å². The van der Waals surface area contributed by atoms with Gasteiger partial charge in [-0.1, -0.05) is 12.1 Å². The zero-order chi connectivity index (χ0) is 23.9. The number of fused-ring (bicyclic) bond motifs is 1. The number of non-ortho nitro benzene ring substituents is 1. The molecule has 11 heteroatoms. The molecule has 0 unspecified atom stereocenters. The maximum atomic E-state index is 13.3. The Labute approximate surface area is 188 Å². The number of aryl methyl sites for hydroxylation is 1. The summed E-state index contributed by atoms with van der Waals surface area (Å²) in [5.74, 6) is -0.234. The van der Waals surface area contributed by atoms with Crippen LogP contribution in [0.1, 0.15) is 34.1 Å². The number of nitrogens with zero attached hydrogens (tertiary/aromatic N) is 2. The maximum absolute atomic E-state index is 13.3. The molecule has 1 N–H and O–H groups in total. The number of alkyl halides is 3. The molecule has 0 fully saturated rings. The van der Waals surface area contributed by atoms with E-state index in [1.165, 1.54) is 43.0 Å². The smallest absolute Gasteiger partial charge is 0.416 e. The average molecular weight is 476 g/mol. The molecule has 0 radical (unpaired) electrons. The highest BCUT2D eigenvalue weighted by atomic mass is 32.2. The van der Waals surface area contributed by atoms with Crippen molar-refractivity contribution >= 4 is 28.8 Å². The third kappa shape index (κ3) is 4.63. The van der Waals surface area contributed by atoms with Crippen LogP contribution in [-0.2, 0) is 6.18 Å². The molecule has 1 aliphatic heterocycles. The molecule has 7 nitrogen and oxygen atoms in total. The number of nitro groups is 1. The van der Waals surface area contributed by atoms with Crippen LogP contribution in [0.5, 0.6) is 5.75 Å². The fraction of sp³-hybridized carbons (Fsp3) is 0.182. The number of halogens is 3. The van der Waals surface area contributed by atoms with Gasteiger partial charge >= 0.3 is 11.8 Å². The summed E-state index contributed by atoms with van der Waals surface area (Å²) in [5.41, 5.74) is -1.43. The molecule has 1 aliphatic rings. The molecule has 0 bridgehead atoms. The second-order valence-electron chi connectivity index (χ2n) is 7.30. The summed E-state index contributed by atoms with van der Waals surface area (Å²) in [4.78, 5) is 27.7. The SMILES string of the molecule is Cc1cc(O)c(C2=Nc3cc(C(F)(F)F)ccc3S[C@H](c3ccc([N+](=O)[O-])cc3)C2)c(=O)o1. The van der Waals surface area contributed by atoms with Crippen molar-refractivity contribution in [3.8, 4) is 5.75 Å². The van der Waals surface area contributed by atoms with Crippen LogP contribution in [0.2, 0.25) is 0 Å². The van der Waals surface area contributed by atoms with Gasteiger partial charge in [0.05, 0.1) is 21.9 Å². The first-order valence-corrected chi connectivity index (χ1v) is 10.4. The molecule has 0 amide bonds. The molecule has 0 saturated heterocycles. The molecule has 4 rings (SSSR count). The highest BCUT2D eigenvalue weighted by molar-refractivity contribution is 7.99. The zero-order valence-corrected chi connectivity index (χ0v) is 17.7. The minimum atomic E-state index is -4.59.